The van der Waals surface area contributed by atoms with Gasteiger partial charge in [0, 0.05) is 0 Å². The molecule has 0 fully saturated rings. The molecular formula is C19H19NO7. The number of nitrogens with one attached hydrogen (secondary N) is 1. The van der Waals surface area contributed by atoms with Crippen molar-refractivity contribution < 1.29 is 33.7 Å². The number of methoxy groups -OCH3 is 3. The number of aromatic carboxylic acids is 1. The summed E-state index contributed by atoms with van der Waals surface area (Å²) in [6.07, 6.45) is 0. The molecule has 0 radical (unpaired) electrons. The molecule has 0 aliphatic carbocycles. The van der Waals surface area contributed by atoms with E-state index in [4.69, 9.17) is 14.2 Å². The van der Waals surface area contributed by atoms with Crippen LogP contribution in [-0.2, 0) is 9.53 Å². The standard InChI is InChI=1S/C19H19NO7/c1-25-14-9-8-11(10-15(14)26-2)16(19(24)27-3)20-17(21)12-6-4-5-7-13(12)18(22)23/h4-10,16H,1-3H3,(H,20,21)(H,22,23). The van der Waals surface area contributed by atoms with Crippen LogP contribution in [0.1, 0.15) is 32.3 Å². The first kappa shape index (κ1) is 19.8. The van der Waals surface area contributed by atoms with Gasteiger partial charge in [0.25, 0.3) is 5.91 Å². The molecule has 2 aromatic carbocycles. The van der Waals surface area contributed by atoms with Crippen LogP contribution in [0.15, 0.2) is 42.5 Å². The highest BCUT2D eigenvalue weighted by Crippen LogP contribution is 2.30. The van der Waals surface area contributed by atoms with Crippen molar-refractivity contribution in [3.8, 4) is 11.5 Å². The molecule has 8 heteroatoms. The van der Waals surface area contributed by atoms with Crippen molar-refractivity contribution in [3.63, 3.8) is 0 Å². The van der Waals surface area contributed by atoms with E-state index in [9.17, 15) is 19.5 Å². The van der Waals surface area contributed by atoms with Gasteiger partial charge in [0.2, 0.25) is 0 Å². The molecule has 0 saturated carbocycles. The van der Waals surface area contributed by atoms with Gasteiger partial charge in [-0.2, -0.15) is 0 Å². The Balaban J connectivity index is 2.40. The van der Waals surface area contributed by atoms with Gasteiger partial charge >= 0.3 is 11.9 Å². The molecule has 0 spiro atoms. The van der Waals surface area contributed by atoms with Crippen LogP contribution in [0.2, 0.25) is 0 Å². The second kappa shape index (κ2) is 8.70. The number of carbonyl (C=O) groups excluding carboxylic acids is 2. The summed E-state index contributed by atoms with van der Waals surface area (Å²) in [7, 11) is 4.10. The molecule has 2 N–H and O–H groups in total. The number of carboxylic acid groups (broad SMARTS) is 1. The van der Waals surface area contributed by atoms with Crippen molar-refractivity contribution >= 4 is 17.8 Å². The highest BCUT2D eigenvalue weighted by atomic mass is 16.5. The number of esters is 1. The zero-order valence-electron chi connectivity index (χ0n) is 15.0. The van der Waals surface area contributed by atoms with E-state index in [1.165, 1.54) is 51.7 Å². The Morgan fingerprint density at radius 3 is 2.11 bits per heavy atom. The molecule has 1 unspecified atom stereocenters. The lowest BCUT2D eigenvalue weighted by molar-refractivity contribution is -0.143. The van der Waals surface area contributed by atoms with Gasteiger partial charge in [0.1, 0.15) is 0 Å². The zero-order valence-corrected chi connectivity index (χ0v) is 15.0. The molecule has 0 aliphatic rings. The van der Waals surface area contributed by atoms with Gasteiger partial charge in [-0.3, -0.25) is 4.79 Å². The fourth-order valence-corrected chi connectivity index (χ4v) is 2.51. The lowest BCUT2D eigenvalue weighted by Gasteiger charge is -2.19. The quantitative estimate of drug-likeness (QED) is 0.715. The molecule has 0 saturated heterocycles. The minimum atomic E-state index is -1.25. The lowest BCUT2D eigenvalue weighted by atomic mass is 10.0. The molecule has 0 aromatic heterocycles. The third kappa shape index (κ3) is 4.35. The third-order valence-electron chi connectivity index (χ3n) is 3.86. The maximum absolute atomic E-state index is 12.6. The van der Waals surface area contributed by atoms with Gasteiger partial charge < -0.3 is 24.6 Å². The Hall–Kier alpha value is -3.55. The second-order valence-electron chi connectivity index (χ2n) is 5.39. The van der Waals surface area contributed by atoms with Gasteiger partial charge in [0.15, 0.2) is 17.5 Å². The molecule has 0 aliphatic heterocycles. The topological polar surface area (TPSA) is 111 Å². The van der Waals surface area contributed by atoms with E-state index in [1.807, 2.05) is 0 Å². The third-order valence-corrected chi connectivity index (χ3v) is 3.86. The van der Waals surface area contributed by atoms with E-state index in [-0.39, 0.29) is 11.1 Å². The monoisotopic (exact) mass is 373 g/mol. The van der Waals surface area contributed by atoms with Crippen molar-refractivity contribution in [1.29, 1.82) is 0 Å². The molecular weight excluding hydrogens is 354 g/mol. The van der Waals surface area contributed by atoms with Gasteiger partial charge in [0.05, 0.1) is 32.5 Å². The molecule has 1 atom stereocenters. The number of rotatable bonds is 7. The van der Waals surface area contributed by atoms with Crippen LogP contribution >= 0.6 is 0 Å². The molecule has 27 heavy (non-hydrogen) atoms. The SMILES string of the molecule is COC(=O)C(NC(=O)c1ccccc1C(=O)O)c1ccc(OC)c(OC)c1. The summed E-state index contributed by atoms with van der Waals surface area (Å²) in [4.78, 5) is 36.2. The van der Waals surface area contributed by atoms with Crippen molar-refractivity contribution in [2.24, 2.45) is 0 Å². The average molecular weight is 373 g/mol. The summed E-state index contributed by atoms with van der Waals surface area (Å²) in [5, 5.41) is 11.8. The van der Waals surface area contributed by atoms with E-state index in [0.717, 1.165) is 0 Å². The van der Waals surface area contributed by atoms with Crippen molar-refractivity contribution in [2.45, 2.75) is 6.04 Å². The molecule has 2 aromatic rings. The Labute approximate surface area is 155 Å². The first-order chi connectivity index (χ1) is 12.9. The summed E-state index contributed by atoms with van der Waals surface area (Å²) in [6.45, 7) is 0. The Kier molecular flexibility index (Phi) is 6.37. The number of hydrogen-bond donors (Lipinski definition) is 2. The minimum absolute atomic E-state index is 0.0700. The lowest BCUT2D eigenvalue weighted by Crippen LogP contribution is -2.35. The number of carboxylic acids is 1. The van der Waals surface area contributed by atoms with E-state index in [2.05, 4.69) is 5.32 Å². The van der Waals surface area contributed by atoms with Gasteiger partial charge in [-0.1, -0.05) is 18.2 Å². The number of benzene rings is 2. The Bertz CT molecular complexity index is 863. The normalized spacial score (nSPS) is 11.2. The summed E-state index contributed by atoms with van der Waals surface area (Å²) >= 11 is 0. The smallest absolute Gasteiger partial charge is 0.336 e. The average Bonchev–Trinajstić information content (AvgIpc) is 2.70. The van der Waals surface area contributed by atoms with Crippen LogP contribution in [0.4, 0.5) is 0 Å². The molecule has 2 rings (SSSR count). The van der Waals surface area contributed by atoms with Gasteiger partial charge in [-0.15, -0.1) is 0 Å². The second-order valence-corrected chi connectivity index (χ2v) is 5.39. The molecule has 1 amide bonds. The summed E-state index contributed by atoms with van der Waals surface area (Å²) in [5.41, 5.74) is 0.144. The van der Waals surface area contributed by atoms with E-state index in [0.29, 0.717) is 17.1 Å². The Morgan fingerprint density at radius 2 is 1.56 bits per heavy atom. The van der Waals surface area contributed by atoms with Crippen LogP contribution in [0, 0.1) is 0 Å². The van der Waals surface area contributed by atoms with Crippen LogP contribution in [0.3, 0.4) is 0 Å². The van der Waals surface area contributed by atoms with Crippen LogP contribution in [0.25, 0.3) is 0 Å². The summed E-state index contributed by atoms with van der Waals surface area (Å²) in [6, 6.07) is 9.24. The summed E-state index contributed by atoms with van der Waals surface area (Å²) < 4.78 is 15.1. The van der Waals surface area contributed by atoms with E-state index >= 15 is 0 Å². The molecule has 0 bridgehead atoms. The maximum Gasteiger partial charge on any atom is 0.336 e. The molecule has 8 nitrogen and oxygen atoms in total. The maximum atomic E-state index is 12.6. The number of hydrogen-bond acceptors (Lipinski definition) is 6. The number of ether oxygens (including phenoxy) is 3. The fraction of sp³-hybridized carbons (Fsp3) is 0.211. The van der Waals surface area contributed by atoms with Crippen LogP contribution < -0.4 is 14.8 Å². The van der Waals surface area contributed by atoms with Crippen LogP contribution in [0.5, 0.6) is 11.5 Å². The fourth-order valence-electron chi connectivity index (χ4n) is 2.51. The molecule has 142 valence electrons. The van der Waals surface area contributed by atoms with Gasteiger partial charge in [-0.25, -0.2) is 9.59 Å². The Morgan fingerprint density at radius 1 is 0.926 bits per heavy atom. The summed E-state index contributed by atoms with van der Waals surface area (Å²) in [5.74, 6) is -1.88. The minimum Gasteiger partial charge on any atom is -0.493 e. The van der Waals surface area contributed by atoms with Crippen molar-refractivity contribution in [1.82, 2.24) is 5.32 Å². The van der Waals surface area contributed by atoms with Crippen LogP contribution in [-0.4, -0.2) is 44.3 Å². The van der Waals surface area contributed by atoms with E-state index < -0.39 is 23.9 Å². The van der Waals surface area contributed by atoms with Gasteiger partial charge in [-0.05, 0) is 29.8 Å². The highest BCUT2D eigenvalue weighted by molar-refractivity contribution is 6.05. The zero-order chi connectivity index (χ0) is 20.0. The number of carbonyl (C=O) groups is 3. The number of amides is 1. The van der Waals surface area contributed by atoms with Crippen molar-refractivity contribution in [3.05, 3.63) is 59.2 Å². The first-order valence-corrected chi connectivity index (χ1v) is 7.85. The van der Waals surface area contributed by atoms with E-state index in [1.54, 1.807) is 12.1 Å². The predicted octanol–water partition coefficient (Wildman–Crippen LogP) is 2.05. The molecule has 0 heterocycles. The highest BCUT2D eigenvalue weighted by Gasteiger charge is 2.27. The first-order valence-electron chi connectivity index (χ1n) is 7.85. The van der Waals surface area contributed by atoms with Crippen molar-refractivity contribution in [2.75, 3.05) is 21.3 Å². The largest absolute Gasteiger partial charge is 0.493 e. The predicted molar refractivity (Wildman–Crippen MR) is 95.2 cm³/mol.